The zero-order valence-electron chi connectivity index (χ0n) is 11.1. The highest BCUT2D eigenvalue weighted by molar-refractivity contribution is 8.00. The summed E-state index contributed by atoms with van der Waals surface area (Å²) in [4.78, 5) is 19.2. The van der Waals surface area contributed by atoms with Gasteiger partial charge >= 0.3 is 0 Å². The molecule has 0 fully saturated rings. The van der Waals surface area contributed by atoms with Gasteiger partial charge in [0.1, 0.15) is 5.39 Å². The fourth-order valence-electron chi connectivity index (χ4n) is 1.91. The van der Waals surface area contributed by atoms with Crippen LogP contribution in [-0.2, 0) is 0 Å². The van der Waals surface area contributed by atoms with Crippen LogP contribution in [0.4, 0.5) is 0 Å². The van der Waals surface area contributed by atoms with E-state index in [1.165, 1.54) is 18.0 Å². The maximum absolute atomic E-state index is 12.1. The fraction of sp³-hybridized carbons (Fsp3) is 0.143. The van der Waals surface area contributed by atoms with Crippen molar-refractivity contribution in [3.63, 3.8) is 0 Å². The van der Waals surface area contributed by atoms with E-state index in [1.807, 2.05) is 30.3 Å². The first kappa shape index (κ1) is 13.4. The Balaban J connectivity index is 2.16. The van der Waals surface area contributed by atoms with Crippen LogP contribution >= 0.6 is 11.8 Å². The Bertz CT molecular complexity index is 878. The van der Waals surface area contributed by atoms with Gasteiger partial charge in [-0.15, -0.1) is 0 Å². The highest BCUT2D eigenvalue weighted by atomic mass is 32.2. The number of nitrogens with zero attached hydrogens (tertiary/aromatic N) is 4. The number of benzene rings is 1. The highest BCUT2D eigenvalue weighted by Crippen LogP contribution is 2.20. The van der Waals surface area contributed by atoms with Gasteiger partial charge in [0.25, 0.3) is 5.56 Å². The summed E-state index contributed by atoms with van der Waals surface area (Å²) in [6, 6.07) is 11.6. The van der Waals surface area contributed by atoms with E-state index in [0.717, 1.165) is 5.69 Å². The summed E-state index contributed by atoms with van der Waals surface area (Å²) in [6.45, 7) is 1.75. The average Bonchev–Trinajstić information content (AvgIpc) is 2.92. The predicted octanol–water partition coefficient (Wildman–Crippen LogP) is 2.11. The molecule has 0 aliphatic carbocycles. The third-order valence-corrected chi connectivity index (χ3v) is 3.76. The summed E-state index contributed by atoms with van der Waals surface area (Å²) in [6.07, 6.45) is 1.50. The van der Waals surface area contributed by atoms with Gasteiger partial charge in [-0.1, -0.05) is 30.0 Å². The Hall–Kier alpha value is -2.59. The number of H-pyrrole nitrogens is 1. The molecule has 3 aromatic rings. The minimum atomic E-state index is -0.293. The molecule has 2 heterocycles. The minimum Gasteiger partial charge on any atom is -0.301 e. The number of aromatic amines is 1. The van der Waals surface area contributed by atoms with Crippen molar-refractivity contribution in [1.82, 2.24) is 19.7 Å². The number of nitrogens with one attached hydrogen (secondary N) is 1. The van der Waals surface area contributed by atoms with Crippen LogP contribution in [0.25, 0.3) is 16.7 Å². The molecule has 1 aromatic carbocycles. The molecule has 21 heavy (non-hydrogen) atoms. The molecule has 0 aliphatic rings. The number of hydrogen-bond donors (Lipinski definition) is 1. The average molecular weight is 297 g/mol. The molecule has 104 valence electrons. The van der Waals surface area contributed by atoms with E-state index in [9.17, 15) is 4.79 Å². The zero-order valence-corrected chi connectivity index (χ0v) is 12.0. The first-order valence-electron chi connectivity index (χ1n) is 6.29. The van der Waals surface area contributed by atoms with Crippen molar-refractivity contribution in [3.05, 3.63) is 46.9 Å². The lowest BCUT2D eigenvalue weighted by molar-refractivity contribution is 0.872. The first-order valence-corrected chi connectivity index (χ1v) is 7.17. The minimum absolute atomic E-state index is 0.255. The number of aromatic nitrogens is 4. The van der Waals surface area contributed by atoms with Crippen LogP contribution in [0.15, 0.2) is 46.5 Å². The summed E-state index contributed by atoms with van der Waals surface area (Å²) in [5, 5.41) is 13.6. The van der Waals surface area contributed by atoms with E-state index in [-0.39, 0.29) is 10.8 Å². The van der Waals surface area contributed by atoms with Crippen LogP contribution in [-0.4, -0.2) is 25.0 Å². The highest BCUT2D eigenvalue weighted by Gasteiger charge is 2.13. The SMILES string of the molecule is CC(C#N)Sc1nc2c(cnn2-c2ccccc2)c(=O)[nH]1. The predicted molar refractivity (Wildman–Crippen MR) is 80.4 cm³/mol. The van der Waals surface area contributed by atoms with Crippen molar-refractivity contribution < 1.29 is 0 Å². The molecule has 0 amide bonds. The van der Waals surface area contributed by atoms with E-state index in [1.54, 1.807) is 11.6 Å². The quantitative estimate of drug-likeness (QED) is 0.591. The largest absolute Gasteiger partial charge is 0.301 e. The molecule has 1 unspecified atom stereocenters. The van der Waals surface area contributed by atoms with Gasteiger partial charge in [0.2, 0.25) is 0 Å². The van der Waals surface area contributed by atoms with Gasteiger partial charge in [0.15, 0.2) is 10.8 Å². The molecule has 6 nitrogen and oxygen atoms in total. The Kier molecular flexibility index (Phi) is 3.46. The number of thioether (sulfide) groups is 1. The topological polar surface area (TPSA) is 87.4 Å². The summed E-state index contributed by atoms with van der Waals surface area (Å²) >= 11 is 1.21. The Morgan fingerprint density at radius 2 is 2.14 bits per heavy atom. The Morgan fingerprint density at radius 3 is 2.86 bits per heavy atom. The fourth-order valence-corrected chi connectivity index (χ4v) is 2.58. The van der Waals surface area contributed by atoms with E-state index in [2.05, 4.69) is 21.1 Å². The summed E-state index contributed by atoms with van der Waals surface area (Å²) in [5.74, 6) is 0. The molecular weight excluding hydrogens is 286 g/mol. The third-order valence-electron chi connectivity index (χ3n) is 2.89. The van der Waals surface area contributed by atoms with Gasteiger partial charge in [-0.2, -0.15) is 10.4 Å². The van der Waals surface area contributed by atoms with Crippen molar-refractivity contribution in [1.29, 1.82) is 5.26 Å². The molecular formula is C14H11N5OS. The van der Waals surface area contributed by atoms with Gasteiger partial charge in [0, 0.05) is 0 Å². The molecule has 2 aromatic heterocycles. The molecule has 0 saturated heterocycles. The van der Waals surface area contributed by atoms with Crippen molar-refractivity contribution in [2.75, 3.05) is 0 Å². The lowest BCUT2D eigenvalue weighted by Gasteiger charge is -2.04. The Labute approximate surface area is 124 Å². The van der Waals surface area contributed by atoms with Gasteiger partial charge in [0.05, 0.1) is 23.2 Å². The summed E-state index contributed by atoms with van der Waals surface area (Å²) in [7, 11) is 0. The van der Waals surface area contributed by atoms with Crippen molar-refractivity contribution in [2.24, 2.45) is 0 Å². The zero-order chi connectivity index (χ0) is 14.8. The molecule has 1 atom stereocenters. The van der Waals surface area contributed by atoms with E-state index in [4.69, 9.17) is 5.26 Å². The van der Waals surface area contributed by atoms with E-state index in [0.29, 0.717) is 16.2 Å². The second kappa shape index (κ2) is 5.42. The van der Waals surface area contributed by atoms with Crippen LogP contribution in [0, 0.1) is 11.3 Å². The van der Waals surface area contributed by atoms with Gasteiger partial charge in [-0.25, -0.2) is 9.67 Å². The van der Waals surface area contributed by atoms with E-state index < -0.39 is 0 Å². The first-order chi connectivity index (χ1) is 10.2. The number of hydrogen-bond acceptors (Lipinski definition) is 5. The molecule has 7 heteroatoms. The lowest BCUT2D eigenvalue weighted by Crippen LogP contribution is -2.10. The summed E-state index contributed by atoms with van der Waals surface area (Å²) in [5.41, 5.74) is 1.06. The second-order valence-electron chi connectivity index (χ2n) is 4.39. The molecule has 0 bridgehead atoms. The number of para-hydroxylation sites is 1. The molecule has 0 aliphatic heterocycles. The van der Waals surface area contributed by atoms with Crippen LogP contribution in [0.1, 0.15) is 6.92 Å². The maximum atomic E-state index is 12.1. The molecule has 3 rings (SSSR count). The van der Waals surface area contributed by atoms with Crippen LogP contribution in [0.2, 0.25) is 0 Å². The van der Waals surface area contributed by atoms with Crippen LogP contribution in [0.3, 0.4) is 0 Å². The number of rotatable bonds is 3. The smallest absolute Gasteiger partial charge is 0.262 e. The van der Waals surface area contributed by atoms with Gasteiger partial charge in [-0.3, -0.25) is 4.79 Å². The van der Waals surface area contributed by atoms with Crippen molar-refractivity contribution >= 4 is 22.8 Å². The number of nitriles is 1. The second-order valence-corrected chi connectivity index (χ2v) is 5.72. The Morgan fingerprint density at radius 1 is 1.38 bits per heavy atom. The normalized spacial score (nSPS) is 12.2. The molecule has 0 spiro atoms. The monoisotopic (exact) mass is 297 g/mol. The van der Waals surface area contributed by atoms with Gasteiger partial charge in [-0.05, 0) is 19.1 Å². The van der Waals surface area contributed by atoms with Crippen molar-refractivity contribution in [3.8, 4) is 11.8 Å². The molecule has 0 radical (unpaired) electrons. The maximum Gasteiger partial charge on any atom is 0.262 e. The van der Waals surface area contributed by atoms with Gasteiger partial charge < -0.3 is 4.98 Å². The third kappa shape index (κ3) is 2.53. The lowest BCUT2D eigenvalue weighted by atomic mass is 10.3. The molecule has 0 saturated carbocycles. The summed E-state index contributed by atoms with van der Waals surface area (Å²) < 4.78 is 1.62. The van der Waals surface area contributed by atoms with E-state index >= 15 is 0 Å². The van der Waals surface area contributed by atoms with Crippen LogP contribution < -0.4 is 5.56 Å². The number of fused-ring (bicyclic) bond motifs is 1. The molecule has 1 N–H and O–H groups in total. The van der Waals surface area contributed by atoms with Crippen LogP contribution in [0.5, 0.6) is 0 Å². The van der Waals surface area contributed by atoms with Crippen molar-refractivity contribution in [2.45, 2.75) is 17.3 Å². The standard InChI is InChI=1S/C14H11N5OS/c1-9(7-15)21-14-17-12-11(13(20)18-14)8-16-19(12)10-5-3-2-4-6-10/h2-6,8-9H,1H3,(H,17,18,20).